The second-order valence-electron chi connectivity index (χ2n) is 5.98. The van der Waals surface area contributed by atoms with E-state index >= 15 is 0 Å². The predicted molar refractivity (Wildman–Crippen MR) is 98.8 cm³/mol. The lowest BCUT2D eigenvalue weighted by Crippen LogP contribution is -2.23. The monoisotopic (exact) mass is 351 g/mol. The van der Waals surface area contributed by atoms with Crippen molar-refractivity contribution in [2.45, 2.75) is 20.4 Å². The lowest BCUT2D eigenvalue weighted by molar-refractivity contribution is 0.0952. The van der Waals surface area contributed by atoms with Crippen molar-refractivity contribution in [3.05, 3.63) is 52.3 Å². The maximum atomic E-state index is 12.8. The van der Waals surface area contributed by atoms with Gasteiger partial charge in [-0.15, -0.1) is 11.3 Å². The lowest BCUT2D eigenvalue weighted by atomic mass is 10.1. The molecule has 0 radical (unpaired) electrons. The van der Waals surface area contributed by atoms with Gasteiger partial charge in [0.05, 0.1) is 33.4 Å². The summed E-state index contributed by atoms with van der Waals surface area (Å²) in [5.41, 5.74) is 3.88. The molecule has 4 aromatic rings. The quantitative estimate of drug-likeness (QED) is 0.615. The minimum absolute atomic E-state index is 0.133. The molecule has 0 fully saturated rings. The number of carbonyl (C=O) groups excluding carboxylic acids is 1. The zero-order chi connectivity index (χ0) is 17.6. The van der Waals surface area contributed by atoms with Gasteiger partial charge in [-0.3, -0.25) is 9.48 Å². The van der Waals surface area contributed by atoms with Gasteiger partial charge in [0, 0.05) is 12.7 Å². The fourth-order valence-electron chi connectivity index (χ4n) is 3.00. The SMILES string of the molecule is Cc1cc(C(=O)NCc2nc3ccccc3s2)c2c(C)nn(C)c2n1. The zero-order valence-corrected chi connectivity index (χ0v) is 15.0. The largest absolute Gasteiger partial charge is 0.346 e. The van der Waals surface area contributed by atoms with E-state index < -0.39 is 0 Å². The summed E-state index contributed by atoms with van der Waals surface area (Å²) < 4.78 is 2.83. The number of aromatic nitrogens is 4. The van der Waals surface area contributed by atoms with Gasteiger partial charge in [-0.2, -0.15) is 5.10 Å². The van der Waals surface area contributed by atoms with E-state index in [1.165, 1.54) is 0 Å². The minimum Gasteiger partial charge on any atom is -0.346 e. The molecule has 25 heavy (non-hydrogen) atoms. The Morgan fingerprint density at radius 3 is 2.84 bits per heavy atom. The molecule has 1 N–H and O–H groups in total. The molecular formula is C18H17N5OS. The molecule has 126 valence electrons. The third-order valence-electron chi connectivity index (χ3n) is 4.08. The van der Waals surface area contributed by atoms with Crippen LogP contribution < -0.4 is 5.32 Å². The third kappa shape index (κ3) is 2.76. The Balaban J connectivity index is 1.64. The standard InChI is InChI=1S/C18H17N5OS/c1-10-8-12(16-11(2)22-23(3)17(16)20-10)18(24)19-9-15-21-13-6-4-5-7-14(13)25-15/h4-8H,9H2,1-3H3,(H,19,24). The number of amides is 1. The van der Waals surface area contributed by atoms with Gasteiger partial charge in [0.1, 0.15) is 5.01 Å². The summed E-state index contributed by atoms with van der Waals surface area (Å²) in [6.07, 6.45) is 0. The number of nitrogens with zero attached hydrogens (tertiary/aromatic N) is 4. The van der Waals surface area contributed by atoms with E-state index in [9.17, 15) is 4.79 Å². The maximum Gasteiger partial charge on any atom is 0.252 e. The molecule has 0 saturated heterocycles. The van der Waals surface area contributed by atoms with Gasteiger partial charge in [-0.25, -0.2) is 9.97 Å². The van der Waals surface area contributed by atoms with Crippen LogP contribution >= 0.6 is 11.3 Å². The second kappa shape index (κ2) is 5.93. The van der Waals surface area contributed by atoms with Crippen molar-refractivity contribution >= 4 is 38.5 Å². The van der Waals surface area contributed by atoms with Gasteiger partial charge in [-0.05, 0) is 32.0 Å². The highest BCUT2D eigenvalue weighted by Crippen LogP contribution is 2.23. The first-order valence-electron chi connectivity index (χ1n) is 7.96. The fraction of sp³-hybridized carbons (Fsp3) is 0.222. The van der Waals surface area contributed by atoms with Crippen LogP contribution in [-0.2, 0) is 13.6 Å². The number of carbonyl (C=O) groups is 1. The number of rotatable bonds is 3. The molecule has 0 aliphatic rings. The van der Waals surface area contributed by atoms with E-state index in [0.717, 1.165) is 37.6 Å². The highest BCUT2D eigenvalue weighted by atomic mass is 32.1. The van der Waals surface area contributed by atoms with Crippen LogP contribution in [0.5, 0.6) is 0 Å². The molecule has 3 heterocycles. The van der Waals surface area contributed by atoms with Gasteiger partial charge < -0.3 is 5.32 Å². The summed E-state index contributed by atoms with van der Waals surface area (Å²) in [6.45, 7) is 4.18. The molecule has 0 spiro atoms. The summed E-state index contributed by atoms with van der Waals surface area (Å²) in [5.74, 6) is -0.133. The lowest BCUT2D eigenvalue weighted by Gasteiger charge is -2.06. The van der Waals surface area contributed by atoms with Crippen LogP contribution in [0.4, 0.5) is 0 Å². The Morgan fingerprint density at radius 2 is 2.04 bits per heavy atom. The molecule has 7 heteroatoms. The Hall–Kier alpha value is -2.80. The molecule has 0 bridgehead atoms. The van der Waals surface area contributed by atoms with Crippen LogP contribution in [0.1, 0.15) is 26.8 Å². The van der Waals surface area contributed by atoms with E-state index in [1.807, 2.05) is 51.2 Å². The van der Waals surface area contributed by atoms with E-state index in [0.29, 0.717) is 12.1 Å². The number of benzene rings is 1. The van der Waals surface area contributed by atoms with Crippen LogP contribution in [0.2, 0.25) is 0 Å². The van der Waals surface area contributed by atoms with Gasteiger partial charge in [0.25, 0.3) is 5.91 Å². The highest BCUT2D eigenvalue weighted by Gasteiger charge is 2.18. The normalized spacial score (nSPS) is 11.3. The highest BCUT2D eigenvalue weighted by molar-refractivity contribution is 7.18. The summed E-state index contributed by atoms with van der Waals surface area (Å²) in [7, 11) is 1.84. The number of pyridine rings is 1. The van der Waals surface area contributed by atoms with Gasteiger partial charge in [-0.1, -0.05) is 12.1 Å². The first-order valence-corrected chi connectivity index (χ1v) is 8.78. The van der Waals surface area contributed by atoms with Crippen molar-refractivity contribution in [2.75, 3.05) is 0 Å². The summed E-state index contributed by atoms with van der Waals surface area (Å²) >= 11 is 1.59. The van der Waals surface area contributed by atoms with Crippen LogP contribution in [0.15, 0.2) is 30.3 Å². The van der Waals surface area contributed by atoms with Gasteiger partial charge in [0.15, 0.2) is 5.65 Å². The fourth-order valence-corrected chi connectivity index (χ4v) is 3.90. The van der Waals surface area contributed by atoms with E-state index in [1.54, 1.807) is 16.0 Å². The Bertz CT molecular complexity index is 1080. The van der Waals surface area contributed by atoms with Crippen LogP contribution in [0, 0.1) is 13.8 Å². The maximum absolute atomic E-state index is 12.8. The molecule has 6 nitrogen and oxygen atoms in total. The molecule has 0 aliphatic carbocycles. The van der Waals surface area contributed by atoms with Crippen molar-refractivity contribution in [1.29, 1.82) is 0 Å². The molecule has 1 amide bonds. The number of nitrogens with one attached hydrogen (secondary N) is 1. The number of hydrogen-bond acceptors (Lipinski definition) is 5. The van der Waals surface area contributed by atoms with Crippen molar-refractivity contribution < 1.29 is 4.79 Å². The van der Waals surface area contributed by atoms with Crippen LogP contribution in [0.3, 0.4) is 0 Å². The molecule has 1 aromatic carbocycles. The smallest absolute Gasteiger partial charge is 0.252 e. The van der Waals surface area contributed by atoms with Crippen molar-refractivity contribution in [3.63, 3.8) is 0 Å². The zero-order valence-electron chi connectivity index (χ0n) is 14.2. The Kier molecular flexibility index (Phi) is 3.73. The molecule has 0 unspecified atom stereocenters. The van der Waals surface area contributed by atoms with Crippen molar-refractivity contribution in [3.8, 4) is 0 Å². The first kappa shape index (κ1) is 15.7. The second-order valence-corrected chi connectivity index (χ2v) is 7.09. The first-order chi connectivity index (χ1) is 12.0. The van der Waals surface area contributed by atoms with E-state index in [-0.39, 0.29) is 5.91 Å². The van der Waals surface area contributed by atoms with Crippen molar-refractivity contribution in [2.24, 2.45) is 7.05 Å². The average molecular weight is 351 g/mol. The summed E-state index contributed by atoms with van der Waals surface area (Å²) in [4.78, 5) is 21.8. The molecule has 4 rings (SSSR count). The Labute approximate surface area is 148 Å². The minimum atomic E-state index is -0.133. The molecular weight excluding hydrogens is 334 g/mol. The molecule has 0 aliphatic heterocycles. The number of para-hydroxylation sites is 1. The van der Waals surface area contributed by atoms with Crippen molar-refractivity contribution in [1.82, 2.24) is 25.1 Å². The number of hydrogen-bond donors (Lipinski definition) is 1. The van der Waals surface area contributed by atoms with Gasteiger partial charge in [0.2, 0.25) is 0 Å². The predicted octanol–water partition coefficient (Wildman–Crippen LogP) is 3.12. The molecule has 0 saturated carbocycles. The summed E-state index contributed by atoms with van der Waals surface area (Å²) in [5, 5.41) is 9.05. The number of thiazole rings is 1. The topological polar surface area (TPSA) is 72.7 Å². The Morgan fingerprint density at radius 1 is 1.24 bits per heavy atom. The van der Waals surface area contributed by atoms with E-state index in [2.05, 4.69) is 20.4 Å². The average Bonchev–Trinajstić information content (AvgIpc) is 3.13. The molecule has 3 aromatic heterocycles. The van der Waals surface area contributed by atoms with Crippen LogP contribution in [-0.4, -0.2) is 25.7 Å². The summed E-state index contributed by atoms with van der Waals surface area (Å²) in [6, 6.07) is 9.78. The van der Waals surface area contributed by atoms with Crippen LogP contribution in [0.25, 0.3) is 21.3 Å². The number of aryl methyl sites for hydroxylation is 3. The van der Waals surface area contributed by atoms with E-state index in [4.69, 9.17) is 0 Å². The molecule has 0 atom stereocenters. The van der Waals surface area contributed by atoms with Gasteiger partial charge >= 0.3 is 0 Å². The third-order valence-corrected chi connectivity index (χ3v) is 5.12. The number of fused-ring (bicyclic) bond motifs is 2.